The summed E-state index contributed by atoms with van der Waals surface area (Å²) in [6.07, 6.45) is 4.57. The number of anilines is 1. The van der Waals surface area contributed by atoms with Crippen LogP contribution in [0, 0.1) is 0 Å². The average Bonchev–Trinajstić information content (AvgIpc) is 2.52. The van der Waals surface area contributed by atoms with Crippen LogP contribution in [0.1, 0.15) is 44.7 Å². The molecule has 2 rings (SSSR count). The topological polar surface area (TPSA) is 33.5 Å². The molecule has 1 aromatic carbocycles. The minimum Gasteiger partial charge on any atom is -0.422 e. The van der Waals surface area contributed by atoms with Crippen molar-refractivity contribution in [1.82, 2.24) is 0 Å². The zero-order chi connectivity index (χ0) is 16.1. The Morgan fingerprint density at radius 1 is 1.18 bits per heavy atom. The van der Waals surface area contributed by atoms with Crippen LogP contribution in [0.2, 0.25) is 0 Å². The van der Waals surface area contributed by atoms with E-state index in [0.29, 0.717) is 11.1 Å². The molecule has 0 saturated carbocycles. The Kier molecular flexibility index (Phi) is 5.42. The van der Waals surface area contributed by atoms with Crippen molar-refractivity contribution in [1.29, 1.82) is 0 Å². The molecule has 0 radical (unpaired) electrons. The van der Waals surface area contributed by atoms with Gasteiger partial charge in [-0.15, -0.1) is 0 Å². The normalized spacial score (nSPS) is 10.9. The van der Waals surface area contributed by atoms with Crippen LogP contribution in [0.3, 0.4) is 0 Å². The van der Waals surface area contributed by atoms with E-state index >= 15 is 0 Å². The van der Waals surface area contributed by atoms with Crippen molar-refractivity contribution in [2.75, 3.05) is 18.0 Å². The van der Waals surface area contributed by atoms with Gasteiger partial charge in [0.1, 0.15) is 5.58 Å². The van der Waals surface area contributed by atoms with Gasteiger partial charge in [0.2, 0.25) is 0 Å². The highest BCUT2D eigenvalue weighted by Gasteiger charge is 2.13. The molecule has 0 unspecified atom stereocenters. The monoisotopic (exact) mass is 299 g/mol. The van der Waals surface area contributed by atoms with Crippen molar-refractivity contribution < 1.29 is 4.42 Å². The smallest absolute Gasteiger partial charge is 0.343 e. The highest BCUT2D eigenvalue weighted by molar-refractivity contribution is 5.86. The summed E-state index contributed by atoms with van der Waals surface area (Å²) in [5.74, 6) is 0. The number of hydrogen-bond donors (Lipinski definition) is 0. The molecule has 118 valence electrons. The van der Waals surface area contributed by atoms with E-state index in [1.54, 1.807) is 6.08 Å². The van der Waals surface area contributed by atoms with Crippen LogP contribution in [0.5, 0.6) is 0 Å². The highest BCUT2D eigenvalue weighted by Crippen LogP contribution is 2.26. The van der Waals surface area contributed by atoms with Crippen LogP contribution in [0.25, 0.3) is 17.0 Å². The minimum atomic E-state index is -0.297. The third-order valence-corrected chi connectivity index (χ3v) is 3.95. The molecule has 0 saturated heterocycles. The molecule has 0 bridgehead atoms. The predicted molar refractivity (Wildman–Crippen MR) is 94.7 cm³/mol. The van der Waals surface area contributed by atoms with Gasteiger partial charge >= 0.3 is 5.63 Å². The van der Waals surface area contributed by atoms with E-state index in [9.17, 15) is 4.79 Å². The Bertz CT molecular complexity index is 709. The zero-order valence-electron chi connectivity index (χ0n) is 13.8. The second-order valence-corrected chi connectivity index (χ2v) is 5.51. The molecule has 0 fully saturated rings. The lowest BCUT2D eigenvalue weighted by molar-refractivity contribution is 0.557. The molecule has 0 amide bonds. The number of nitrogens with zero attached hydrogens (tertiary/aromatic N) is 1. The maximum Gasteiger partial charge on any atom is 0.343 e. The molecule has 0 spiro atoms. The number of benzene rings is 1. The van der Waals surface area contributed by atoms with E-state index in [4.69, 9.17) is 4.42 Å². The SMILES string of the molecule is C=Cc1c(CC)c2ccc(N(CCC)CCC)cc2oc1=O. The quantitative estimate of drug-likeness (QED) is 0.699. The summed E-state index contributed by atoms with van der Waals surface area (Å²) < 4.78 is 5.52. The summed E-state index contributed by atoms with van der Waals surface area (Å²) in [4.78, 5) is 14.5. The van der Waals surface area contributed by atoms with Crippen LogP contribution in [-0.4, -0.2) is 13.1 Å². The lowest BCUT2D eigenvalue weighted by atomic mass is 10.0. The summed E-state index contributed by atoms with van der Waals surface area (Å²) in [5, 5.41) is 1.01. The van der Waals surface area contributed by atoms with Crippen molar-refractivity contribution in [3.05, 3.63) is 46.3 Å². The maximum absolute atomic E-state index is 12.1. The fourth-order valence-corrected chi connectivity index (χ4v) is 2.96. The Morgan fingerprint density at radius 3 is 2.41 bits per heavy atom. The second-order valence-electron chi connectivity index (χ2n) is 5.51. The van der Waals surface area contributed by atoms with Crippen molar-refractivity contribution in [2.45, 2.75) is 40.0 Å². The van der Waals surface area contributed by atoms with Crippen molar-refractivity contribution in [3.63, 3.8) is 0 Å². The average molecular weight is 299 g/mol. The Balaban J connectivity index is 2.60. The molecule has 0 aliphatic heterocycles. The molecule has 0 N–H and O–H groups in total. The van der Waals surface area contributed by atoms with Crippen LogP contribution in [-0.2, 0) is 6.42 Å². The van der Waals surface area contributed by atoms with Gasteiger partial charge < -0.3 is 9.32 Å². The van der Waals surface area contributed by atoms with Crippen molar-refractivity contribution in [2.24, 2.45) is 0 Å². The molecule has 0 aliphatic rings. The number of aryl methyl sites for hydroxylation is 1. The molecule has 0 atom stereocenters. The van der Waals surface area contributed by atoms with Gasteiger partial charge in [-0.1, -0.05) is 33.4 Å². The first-order valence-corrected chi connectivity index (χ1v) is 8.13. The highest BCUT2D eigenvalue weighted by atomic mass is 16.4. The van der Waals surface area contributed by atoms with Gasteiger partial charge in [0, 0.05) is 30.2 Å². The van der Waals surface area contributed by atoms with Crippen LogP contribution >= 0.6 is 0 Å². The fourth-order valence-electron chi connectivity index (χ4n) is 2.96. The Hall–Kier alpha value is -2.03. The van der Waals surface area contributed by atoms with Crippen LogP contribution < -0.4 is 10.5 Å². The fraction of sp³-hybridized carbons (Fsp3) is 0.421. The van der Waals surface area contributed by atoms with Crippen LogP contribution in [0.4, 0.5) is 5.69 Å². The van der Waals surface area contributed by atoms with Crippen molar-refractivity contribution in [3.8, 4) is 0 Å². The van der Waals surface area contributed by atoms with Crippen LogP contribution in [0.15, 0.2) is 34.0 Å². The van der Waals surface area contributed by atoms with Gasteiger partial charge in [0.25, 0.3) is 0 Å². The molecule has 0 aliphatic carbocycles. The van der Waals surface area contributed by atoms with Gasteiger partial charge in [-0.3, -0.25) is 0 Å². The summed E-state index contributed by atoms with van der Waals surface area (Å²) >= 11 is 0. The molecular formula is C19H25NO2. The second kappa shape index (κ2) is 7.30. The van der Waals surface area contributed by atoms with E-state index < -0.39 is 0 Å². The Morgan fingerprint density at radius 2 is 1.86 bits per heavy atom. The van der Waals surface area contributed by atoms with Crippen molar-refractivity contribution >= 4 is 22.7 Å². The zero-order valence-corrected chi connectivity index (χ0v) is 13.8. The molecule has 3 nitrogen and oxygen atoms in total. The molecule has 1 heterocycles. The molecular weight excluding hydrogens is 274 g/mol. The van der Waals surface area contributed by atoms with E-state index in [2.05, 4.69) is 44.4 Å². The third-order valence-electron chi connectivity index (χ3n) is 3.95. The largest absolute Gasteiger partial charge is 0.422 e. The molecule has 22 heavy (non-hydrogen) atoms. The first kappa shape index (κ1) is 16.3. The van der Waals surface area contributed by atoms with Gasteiger partial charge in [0.15, 0.2) is 0 Å². The Labute approximate surface area is 132 Å². The summed E-state index contributed by atoms with van der Waals surface area (Å²) in [6, 6.07) is 6.19. The van der Waals surface area contributed by atoms with E-state index in [-0.39, 0.29) is 5.63 Å². The standard InChI is InChI=1S/C19H25NO2/c1-5-11-20(12-6-2)14-9-10-17-15(7-3)16(8-4)19(21)22-18(17)13-14/h8-10,13H,4-7,11-12H2,1-3H3. The number of hydrogen-bond acceptors (Lipinski definition) is 3. The van der Waals surface area contributed by atoms with E-state index in [1.807, 2.05) is 6.07 Å². The summed E-state index contributed by atoms with van der Waals surface area (Å²) in [7, 11) is 0. The molecule has 3 heteroatoms. The summed E-state index contributed by atoms with van der Waals surface area (Å²) in [5.41, 5.74) is 3.09. The van der Waals surface area contributed by atoms with Gasteiger partial charge in [0.05, 0.1) is 5.56 Å². The van der Waals surface area contributed by atoms with E-state index in [0.717, 1.165) is 49.0 Å². The first-order valence-electron chi connectivity index (χ1n) is 8.13. The lowest BCUT2D eigenvalue weighted by Gasteiger charge is -2.24. The third kappa shape index (κ3) is 3.08. The molecule has 1 aromatic heterocycles. The predicted octanol–water partition coefficient (Wildman–Crippen LogP) is 4.62. The molecule has 2 aromatic rings. The number of fused-ring (bicyclic) bond motifs is 1. The first-order chi connectivity index (χ1) is 10.7. The van der Waals surface area contributed by atoms with Gasteiger partial charge in [-0.25, -0.2) is 4.79 Å². The van der Waals surface area contributed by atoms with Gasteiger partial charge in [-0.05, 0) is 37.0 Å². The number of rotatable bonds is 7. The maximum atomic E-state index is 12.1. The lowest BCUT2D eigenvalue weighted by Crippen LogP contribution is -2.24. The minimum absolute atomic E-state index is 0.297. The van der Waals surface area contributed by atoms with E-state index in [1.165, 1.54) is 0 Å². The summed E-state index contributed by atoms with van der Waals surface area (Å²) in [6.45, 7) is 12.2. The van der Waals surface area contributed by atoms with Gasteiger partial charge in [-0.2, -0.15) is 0 Å².